The third-order valence-corrected chi connectivity index (χ3v) is 7.82. The molecule has 0 aliphatic heterocycles. The molecule has 3 aromatic heterocycles. The molecule has 0 aliphatic carbocycles. The van der Waals surface area contributed by atoms with Gasteiger partial charge in [-0.05, 0) is 54.5 Å². The number of rotatable bonds is 4. The van der Waals surface area contributed by atoms with Crippen LogP contribution < -0.4 is 0 Å². The third kappa shape index (κ3) is 3.91. The molecule has 0 saturated carbocycles. The highest BCUT2D eigenvalue weighted by Gasteiger charge is 2.16. The molecule has 0 amide bonds. The fourth-order valence-corrected chi connectivity index (χ4v) is 5.75. The van der Waals surface area contributed by atoms with Crippen LogP contribution in [0.15, 0.2) is 150 Å². The highest BCUT2D eigenvalue weighted by Crippen LogP contribution is 2.34. The number of hydrogen-bond donors (Lipinski definition) is 0. The maximum absolute atomic E-state index is 8.76. The van der Waals surface area contributed by atoms with E-state index in [0.717, 1.165) is 33.1 Å². The molecule has 0 bridgehead atoms. The van der Waals surface area contributed by atoms with E-state index in [2.05, 4.69) is 0 Å². The van der Waals surface area contributed by atoms with Gasteiger partial charge in [0, 0.05) is 43.9 Å². The molecule has 5 heteroatoms. The van der Waals surface area contributed by atoms with Crippen LogP contribution in [-0.2, 0) is 0 Å². The summed E-state index contributed by atoms with van der Waals surface area (Å²) in [5, 5.41) is 2.46. The zero-order valence-electron chi connectivity index (χ0n) is 29.1. The fraction of sp³-hybridized carbons (Fsp3) is 0. The van der Waals surface area contributed by atoms with Crippen LogP contribution in [0.1, 0.15) is 8.22 Å². The number of benzene rings is 6. The van der Waals surface area contributed by atoms with Crippen LogP contribution >= 0.6 is 0 Å². The van der Waals surface area contributed by atoms with Crippen LogP contribution in [0.5, 0.6) is 0 Å². The van der Waals surface area contributed by atoms with E-state index in [1.54, 1.807) is 4.57 Å². The normalized spacial score (nSPS) is 13.5. The molecule has 5 nitrogen and oxygen atoms in total. The molecule has 0 unspecified atom stereocenters. The van der Waals surface area contributed by atoms with E-state index < -0.39 is 0 Å². The molecule has 0 aliphatic rings. The van der Waals surface area contributed by atoms with Crippen molar-refractivity contribution in [1.82, 2.24) is 19.5 Å². The van der Waals surface area contributed by atoms with E-state index in [9.17, 15) is 0 Å². The Morgan fingerprint density at radius 2 is 1.05 bits per heavy atom. The fourth-order valence-electron chi connectivity index (χ4n) is 5.75. The Hall–Kier alpha value is -6.07. The lowest BCUT2D eigenvalue weighted by atomic mass is 10.1. The van der Waals surface area contributed by atoms with Crippen LogP contribution in [-0.4, -0.2) is 19.5 Å². The summed E-state index contributed by atoms with van der Waals surface area (Å²) in [6.45, 7) is 0. The van der Waals surface area contributed by atoms with E-state index in [1.165, 1.54) is 12.1 Å². The molecular formula is C39H24N4O. The van der Waals surface area contributed by atoms with Gasteiger partial charge in [-0.2, -0.15) is 0 Å². The maximum Gasteiger partial charge on any atom is 0.164 e. The van der Waals surface area contributed by atoms with Crippen LogP contribution in [0.3, 0.4) is 0 Å². The molecule has 44 heavy (non-hydrogen) atoms. The van der Waals surface area contributed by atoms with Crippen molar-refractivity contribution >= 4 is 43.7 Å². The molecule has 6 aromatic carbocycles. The van der Waals surface area contributed by atoms with Crippen molar-refractivity contribution in [2.75, 3.05) is 0 Å². The second kappa shape index (κ2) is 9.75. The quantitative estimate of drug-likeness (QED) is 0.211. The molecule has 206 valence electrons. The highest BCUT2D eigenvalue weighted by molar-refractivity contribution is 6.09. The second-order valence-electron chi connectivity index (χ2n) is 10.4. The monoisotopic (exact) mass is 570 g/mol. The average Bonchev–Trinajstić information content (AvgIpc) is 3.70. The van der Waals surface area contributed by atoms with Gasteiger partial charge in [0.05, 0.1) is 19.3 Å². The molecule has 0 atom stereocenters. The maximum atomic E-state index is 8.76. The predicted molar refractivity (Wildman–Crippen MR) is 178 cm³/mol. The molecular weight excluding hydrogens is 540 g/mol. The lowest BCUT2D eigenvalue weighted by Crippen LogP contribution is -2.00. The number of aromatic nitrogens is 4. The van der Waals surface area contributed by atoms with E-state index >= 15 is 0 Å². The number of fused-ring (bicyclic) bond motifs is 6. The van der Waals surface area contributed by atoms with Gasteiger partial charge in [-0.25, -0.2) is 15.0 Å². The number of nitrogens with zero attached hydrogens (tertiary/aromatic N) is 4. The molecule has 3 heterocycles. The molecule has 9 aromatic rings. The Balaban J connectivity index is 1.22. The van der Waals surface area contributed by atoms with Gasteiger partial charge in [0.25, 0.3) is 0 Å². The molecule has 0 fully saturated rings. The minimum atomic E-state index is -0.155. The van der Waals surface area contributed by atoms with E-state index in [-0.39, 0.29) is 47.0 Å². The van der Waals surface area contributed by atoms with Gasteiger partial charge in [0.15, 0.2) is 17.5 Å². The van der Waals surface area contributed by atoms with Gasteiger partial charge in [-0.1, -0.05) is 90.9 Å². The molecule has 0 radical (unpaired) electrons. The summed E-state index contributed by atoms with van der Waals surface area (Å²) in [4.78, 5) is 14.6. The second-order valence-corrected chi connectivity index (χ2v) is 10.4. The summed E-state index contributed by atoms with van der Waals surface area (Å²) in [7, 11) is 0. The first-order valence-electron chi connectivity index (χ1n) is 17.1. The summed E-state index contributed by atoms with van der Waals surface area (Å²) in [6, 6.07) is 32.8. The third-order valence-electron chi connectivity index (χ3n) is 7.82. The van der Waals surface area contributed by atoms with Gasteiger partial charge in [0.1, 0.15) is 11.2 Å². The van der Waals surface area contributed by atoms with Gasteiger partial charge < -0.3 is 8.98 Å². The van der Waals surface area contributed by atoms with Gasteiger partial charge in [-0.3, -0.25) is 0 Å². The van der Waals surface area contributed by atoms with E-state index in [4.69, 9.17) is 27.6 Å². The van der Waals surface area contributed by atoms with Crippen molar-refractivity contribution in [1.29, 1.82) is 0 Å². The Labute approximate surface area is 261 Å². The largest absolute Gasteiger partial charge is 0.456 e. The Morgan fingerprint density at radius 3 is 1.75 bits per heavy atom. The first kappa shape index (κ1) is 19.2. The molecule has 0 N–H and O–H groups in total. The molecule has 0 saturated heterocycles. The van der Waals surface area contributed by atoms with Crippen molar-refractivity contribution in [2.45, 2.75) is 0 Å². The average molecular weight is 571 g/mol. The smallest absolute Gasteiger partial charge is 0.164 e. The van der Waals surface area contributed by atoms with Gasteiger partial charge in [0.2, 0.25) is 0 Å². The molecule has 0 spiro atoms. The van der Waals surface area contributed by atoms with Gasteiger partial charge >= 0.3 is 0 Å². The van der Waals surface area contributed by atoms with E-state index in [1.807, 2.05) is 97.1 Å². The Kier molecular flexibility index (Phi) is 4.25. The van der Waals surface area contributed by atoms with Crippen LogP contribution in [0.2, 0.25) is 0 Å². The summed E-state index contributed by atoms with van der Waals surface area (Å²) in [5.74, 6) is 1.42. The zero-order chi connectivity index (χ0) is 34.3. The lowest BCUT2D eigenvalue weighted by molar-refractivity contribution is 0.669. The highest BCUT2D eigenvalue weighted by atomic mass is 16.3. The molecule has 9 rings (SSSR count). The minimum absolute atomic E-state index is 0.0114. The summed E-state index contributed by atoms with van der Waals surface area (Å²) in [6.07, 6.45) is 0. The summed E-state index contributed by atoms with van der Waals surface area (Å²) < 4.78 is 59.2. The first-order valence-corrected chi connectivity index (χ1v) is 14.1. The number of hydrogen-bond acceptors (Lipinski definition) is 4. The van der Waals surface area contributed by atoms with Crippen molar-refractivity contribution in [3.8, 4) is 39.9 Å². The summed E-state index contributed by atoms with van der Waals surface area (Å²) in [5.41, 5.74) is 5.01. The number of para-hydroxylation sites is 3. The SMILES string of the molecule is [2H]c1cc([2H])c2c(c1[2H])c1c([2H])c([2H])cc([2H])c1n2-c1ccc(-c2nc(-c3ccccc3)nc(-c3ccc4c(c3)oc3ccccc34)n2)cc1. The minimum Gasteiger partial charge on any atom is -0.456 e. The van der Waals surface area contributed by atoms with Crippen molar-refractivity contribution in [2.24, 2.45) is 0 Å². The Bertz CT molecular complexity index is 2760. The van der Waals surface area contributed by atoms with Gasteiger partial charge in [-0.15, -0.1) is 0 Å². The first-order chi connectivity index (χ1) is 24.3. The van der Waals surface area contributed by atoms with E-state index in [0.29, 0.717) is 39.8 Å². The predicted octanol–water partition coefficient (Wildman–Crippen LogP) is 9.87. The summed E-state index contributed by atoms with van der Waals surface area (Å²) >= 11 is 0. The lowest BCUT2D eigenvalue weighted by Gasteiger charge is -2.10. The van der Waals surface area contributed by atoms with Crippen LogP contribution in [0.4, 0.5) is 0 Å². The van der Waals surface area contributed by atoms with Crippen LogP contribution in [0, 0.1) is 0 Å². The van der Waals surface area contributed by atoms with Crippen molar-refractivity contribution < 1.29 is 12.6 Å². The number of furan rings is 1. The zero-order valence-corrected chi connectivity index (χ0v) is 23.1. The van der Waals surface area contributed by atoms with Crippen LogP contribution in [0.25, 0.3) is 83.6 Å². The standard InChI is InChI=1S/C39H24N4O/c1-2-10-25(11-3-1)37-40-38(42-39(41-37)27-20-23-32-31-14-6-9-17-35(31)44-36(32)24-27)26-18-21-28(22-19-26)43-33-15-7-4-12-29(33)30-13-5-8-16-34(30)43/h1-24H/i4D,5D,12D,13D,15D,16D. The van der Waals surface area contributed by atoms with Crippen molar-refractivity contribution in [3.63, 3.8) is 0 Å². The van der Waals surface area contributed by atoms with Crippen molar-refractivity contribution in [3.05, 3.63) is 145 Å². The Morgan fingerprint density at radius 1 is 0.477 bits per heavy atom. The topological polar surface area (TPSA) is 56.7 Å².